The quantitative estimate of drug-likeness (QED) is 0.307. The van der Waals surface area contributed by atoms with Crippen molar-refractivity contribution in [1.82, 2.24) is 10.3 Å². The number of hydrogen-bond acceptors (Lipinski definition) is 3. The van der Waals surface area contributed by atoms with Gasteiger partial charge >= 0.3 is 0 Å². The molecule has 0 fully saturated rings. The van der Waals surface area contributed by atoms with Gasteiger partial charge in [0.1, 0.15) is 5.01 Å². The minimum absolute atomic E-state index is 0. The number of nitrogens with zero attached hydrogens (tertiary/aromatic N) is 2. The Morgan fingerprint density at radius 3 is 2.79 bits per heavy atom. The van der Waals surface area contributed by atoms with Gasteiger partial charge in [0, 0.05) is 17.6 Å². The molecule has 6 heteroatoms. The summed E-state index contributed by atoms with van der Waals surface area (Å²) in [5.41, 5.74) is 5.79. The lowest BCUT2D eigenvalue weighted by Gasteiger charge is -2.04. The summed E-state index contributed by atoms with van der Waals surface area (Å²) in [5, 5.41) is 4.17. The maximum absolute atomic E-state index is 5.79. The van der Waals surface area contributed by atoms with E-state index in [4.69, 9.17) is 5.73 Å². The van der Waals surface area contributed by atoms with Crippen LogP contribution in [0.2, 0.25) is 0 Å². The molecule has 0 aliphatic rings. The monoisotopic (exact) mass is 396 g/mol. The van der Waals surface area contributed by atoms with E-state index in [1.165, 1.54) is 24.1 Å². The van der Waals surface area contributed by atoms with Crippen LogP contribution in [-0.2, 0) is 13.0 Å². The van der Waals surface area contributed by atoms with Gasteiger partial charge in [0.15, 0.2) is 5.96 Å². The van der Waals surface area contributed by atoms with E-state index in [2.05, 4.69) is 29.1 Å². The molecule has 110 valence electrons. The molecule has 0 unspecified atom stereocenters. The SMILES string of the molecule is CCCCCCNC(N)=NCc1ncc(CC)s1.I. The zero-order valence-electron chi connectivity index (χ0n) is 11.8. The summed E-state index contributed by atoms with van der Waals surface area (Å²) in [4.78, 5) is 9.90. The zero-order valence-corrected chi connectivity index (χ0v) is 15.0. The first kappa shape index (κ1) is 18.6. The summed E-state index contributed by atoms with van der Waals surface area (Å²) in [6, 6.07) is 0. The van der Waals surface area contributed by atoms with Crippen LogP contribution in [0.15, 0.2) is 11.2 Å². The zero-order chi connectivity index (χ0) is 13.2. The Morgan fingerprint density at radius 2 is 2.16 bits per heavy atom. The summed E-state index contributed by atoms with van der Waals surface area (Å²) in [7, 11) is 0. The topological polar surface area (TPSA) is 63.3 Å². The van der Waals surface area contributed by atoms with Crippen molar-refractivity contribution in [3.63, 3.8) is 0 Å². The molecule has 0 radical (unpaired) electrons. The Balaban J connectivity index is 0.00000324. The average molecular weight is 396 g/mol. The Morgan fingerprint density at radius 1 is 1.37 bits per heavy atom. The van der Waals surface area contributed by atoms with Gasteiger partial charge < -0.3 is 11.1 Å². The highest BCUT2D eigenvalue weighted by atomic mass is 127. The molecule has 19 heavy (non-hydrogen) atoms. The molecule has 3 N–H and O–H groups in total. The predicted octanol–water partition coefficient (Wildman–Crippen LogP) is 3.31. The molecule has 0 aliphatic heterocycles. The van der Waals surface area contributed by atoms with E-state index in [1.807, 2.05) is 6.20 Å². The average Bonchev–Trinajstić information content (AvgIpc) is 2.84. The summed E-state index contributed by atoms with van der Waals surface area (Å²) in [6.45, 7) is 5.83. The van der Waals surface area contributed by atoms with Gasteiger partial charge in [-0.05, 0) is 12.8 Å². The van der Waals surface area contributed by atoms with Crippen LogP contribution in [0.4, 0.5) is 0 Å². The van der Waals surface area contributed by atoms with Crippen molar-refractivity contribution < 1.29 is 0 Å². The molecule has 0 bridgehead atoms. The normalized spacial score (nSPS) is 11.2. The minimum Gasteiger partial charge on any atom is -0.370 e. The third-order valence-electron chi connectivity index (χ3n) is 2.67. The summed E-state index contributed by atoms with van der Waals surface area (Å²) < 4.78 is 0. The van der Waals surface area contributed by atoms with Crippen LogP contribution in [0.3, 0.4) is 0 Å². The fourth-order valence-electron chi connectivity index (χ4n) is 1.56. The predicted molar refractivity (Wildman–Crippen MR) is 94.4 cm³/mol. The van der Waals surface area contributed by atoms with Gasteiger partial charge in [0.05, 0.1) is 6.54 Å². The van der Waals surface area contributed by atoms with Crippen LogP contribution in [0.25, 0.3) is 0 Å². The summed E-state index contributed by atoms with van der Waals surface area (Å²) in [5.74, 6) is 0.528. The lowest BCUT2D eigenvalue weighted by molar-refractivity contribution is 0.652. The van der Waals surface area contributed by atoms with E-state index in [-0.39, 0.29) is 24.0 Å². The second-order valence-electron chi connectivity index (χ2n) is 4.26. The summed E-state index contributed by atoms with van der Waals surface area (Å²) in [6.07, 6.45) is 7.91. The maximum Gasteiger partial charge on any atom is 0.189 e. The number of nitrogens with two attached hydrogens (primary N) is 1. The van der Waals surface area contributed by atoms with E-state index < -0.39 is 0 Å². The Labute approximate surface area is 137 Å². The third-order valence-corrected chi connectivity index (χ3v) is 3.80. The van der Waals surface area contributed by atoms with Crippen LogP contribution in [0.1, 0.15) is 49.4 Å². The highest BCUT2D eigenvalue weighted by molar-refractivity contribution is 14.0. The van der Waals surface area contributed by atoms with Crippen molar-refractivity contribution in [3.8, 4) is 0 Å². The van der Waals surface area contributed by atoms with Gasteiger partial charge in [0.2, 0.25) is 0 Å². The second-order valence-corrected chi connectivity index (χ2v) is 5.46. The lowest BCUT2D eigenvalue weighted by Crippen LogP contribution is -2.32. The van der Waals surface area contributed by atoms with E-state index in [9.17, 15) is 0 Å². The highest BCUT2D eigenvalue weighted by Crippen LogP contribution is 2.13. The molecule has 0 saturated heterocycles. The molecule has 0 aromatic carbocycles. The third kappa shape index (κ3) is 8.41. The number of nitrogens with one attached hydrogen (secondary N) is 1. The number of aromatic nitrogens is 1. The molecule has 1 aromatic rings. The molecule has 0 spiro atoms. The lowest BCUT2D eigenvalue weighted by atomic mass is 10.2. The Hall–Kier alpha value is -0.370. The Bertz CT molecular complexity index is 365. The fourth-order valence-corrected chi connectivity index (χ4v) is 2.35. The Kier molecular flexibility index (Phi) is 11.2. The van der Waals surface area contributed by atoms with Gasteiger partial charge in [-0.3, -0.25) is 0 Å². The van der Waals surface area contributed by atoms with E-state index in [1.54, 1.807) is 11.3 Å². The van der Waals surface area contributed by atoms with Crippen LogP contribution in [0, 0.1) is 0 Å². The number of thiazole rings is 1. The minimum atomic E-state index is 0. The van der Waals surface area contributed by atoms with Gasteiger partial charge in [0.25, 0.3) is 0 Å². The highest BCUT2D eigenvalue weighted by Gasteiger charge is 1.99. The number of rotatable bonds is 8. The molecule has 1 heterocycles. The van der Waals surface area contributed by atoms with E-state index in [0.29, 0.717) is 12.5 Å². The van der Waals surface area contributed by atoms with Crippen LogP contribution < -0.4 is 11.1 Å². The first-order valence-corrected chi connectivity index (χ1v) is 7.55. The summed E-state index contributed by atoms with van der Waals surface area (Å²) >= 11 is 1.71. The molecule has 0 saturated carbocycles. The number of aryl methyl sites for hydroxylation is 1. The first-order chi connectivity index (χ1) is 8.76. The smallest absolute Gasteiger partial charge is 0.189 e. The second kappa shape index (κ2) is 11.5. The number of unbranched alkanes of at least 4 members (excludes halogenated alkanes) is 3. The van der Waals surface area contributed by atoms with Crippen molar-refractivity contribution in [3.05, 3.63) is 16.1 Å². The molecular weight excluding hydrogens is 371 g/mol. The molecule has 1 aromatic heterocycles. The van der Waals surface area contributed by atoms with E-state index >= 15 is 0 Å². The standard InChI is InChI=1S/C13H24N4S.HI/c1-3-5-6-7-8-15-13(14)17-10-12-16-9-11(4-2)18-12;/h9H,3-8,10H2,1-2H3,(H3,14,15,17);1H. The van der Waals surface area contributed by atoms with Gasteiger partial charge in [-0.25, -0.2) is 9.98 Å². The van der Waals surface area contributed by atoms with Crippen LogP contribution in [-0.4, -0.2) is 17.5 Å². The van der Waals surface area contributed by atoms with Crippen molar-refractivity contribution in [2.45, 2.75) is 52.5 Å². The first-order valence-electron chi connectivity index (χ1n) is 6.73. The number of hydrogen-bond donors (Lipinski definition) is 2. The van der Waals surface area contributed by atoms with Gasteiger partial charge in [-0.1, -0.05) is 33.1 Å². The van der Waals surface area contributed by atoms with Crippen molar-refractivity contribution in [1.29, 1.82) is 0 Å². The van der Waals surface area contributed by atoms with Crippen molar-refractivity contribution in [2.75, 3.05) is 6.54 Å². The molecule has 0 aliphatic carbocycles. The van der Waals surface area contributed by atoms with Crippen LogP contribution >= 0.6 is 35.3 Å². The molecular formula is C13H25IN4S. The van der Waals surface area contributed by atoms with Crippen LogP contribution in [0.5, 0.6) is 0 Å². The van der Waals surface area contributed by atoms with E-state index in [0.717, 1.165) is 24.4 Å². The molecule has 0 amide bonds. The number of aliphatic imine (C=N–C) groups is 1. The number of halogens is 1. The van der Waals surface area contributed by atoms with Gasteiger partial charge in [-0.2, -0.15) is 0 Å². The van der Waals surface area contributed by atoms with Crippen molar-refractivity contribution in [2.24, 2.45) is 10.7 Å². The molecule has 0 atom stereocenters. The molecule has 1 rings (SSSR count). The maximum atomic E-state index is 5.79. The number of guanidine groups is 1. The molecule has 4 nitrogen and oxygen atoms in total. The van der Waals surface area contributed by atoms with Crippen molar-refractivity contribution >= 4 is 41.3 Å². The van der Waals surface area contributed by atoms with Gasteiger partial charge in [-0.15, -0.1) is 35.3 Å². The fraction of sp³-hybridized carbons (Fsp3) is 0.692. The largest absolute Gasteiger partial charge is 0.370 e.